The Bertz CT molecular complexity index is 1700. The fraction of sp³-hybridized carbons (Fsp3) is 0.800. The lowest BCUT2D eigenvalue weighted by molar-refractivity contribution is -0.325. The molecule has 13 atom stereocenters. The lowest BCUT2D eigenvalue weighted by Crippen LogP contribution is -2.67. The van der Waals surface area contributed by atoms with Gasteiger partial charge in [-0.1, -0.05) is 53.2 Å². The number of aryl methyl sites for hydroxylation is 2. The molecule has 6 aliphatic rings. The summed E-state index contributed by atoms with van der Waals surface area (Å²) in [6.07, 6.45) is 11.0. The molecule has 7 rings (SSSR count). The van der Waals surface area contributed by atoms with Gasteiger partial charge >= 0.3 is 11.9 Å². The van der Waals surface area contributed by atoms with E-state index in [4.69, 9.17) is 9.47 Å². The van der Waals surface area contributed by atoms with Crippen LogP contribution >= 0.6 is 0 Å². The monoisotopic (exact) mass is 781 g/mol. The summed E-state index contributed by atoms with van der Waals surface area (Å²) in [5, 5.41) is 52.6. The first-order valence-corrected chi connectivity index (χ1v) is 21.4. The van der Waals surface area contributed by atoms with Crippen molar-refractivity contribution in [3.63, 3.8) is 0 Å². The number of carboxylic acids is 2. The number of carboxylic acid groups (broad SMARTS) is 2. The van der Waals surface area contributed by atoms with Crippen LogP contribution in [0.2, 0.25) is 0 Å². The smallest absolute Gasteiger partial charge is 0.335 e. The highest BCUT2D eigenvalue weighted by Gasteiger charge is 2.71. The van der Waals surface area contributed by atoms with E-state index in [0.29, 0.717) is 25.7 Å². The van der Waals surface area contributed by atoms with Crippen LogP contribution in [0.1, 0.15) is 136 Å². The van der Waals surface area contributed by atoms with Crippen molar-refractivity contribution in [2.45, 2.75) is 175 Å². The van der Waals surface area contributed by atoms with Crippen molar-refractivity contribution in [1.29, 1.82) is 0 Å². The highest BCUT2D eigenvalue weighted by molar-refractivity contribution is 5.77. The minimum Gasteiger partial charge on any atom is -0.481 e. The van der Waals surface area contributed by atoms with Crippen LogP contribution in [0.3, 0.4) is 0 Å². The third-order valence-electron chi connectivity index (χ3n) is 17.4. The lowest BCUT2D eigenvalue weighted by atomic mass is 9.32. The zero-order valence-corrected chi connectivity index (χ0v) is 34.4. The SMILES string of the molecule is CCc1c[nH]cc1CC[C@]12CC[C@H](O[C@@H]3O[C@H](C(=O)O)[C@@H](O)[C@H](O)[C@H]3O)C(C)(C)[C@@H]1CC[C@]1(C)[C@@H]2CC=C2[C@@H]3CC(C)(C)CC[C@]3(C(=O)O)CC[C@]21CCC=O. The van der Waals surface area contributed by atoms with E-state index in [1.165, 1.54) is 16.7 Å². The van der Waals surface area contributed by atoms with Crippen LogP contribution in [0.5, 0.6) is 0 Å². The third-order valence-corrected chi connectivity index (χ3v) is 17.4. The van der Waals surface area contributed by atoms with Gasteiger partial charge in [-0.3, -0.25) is 4.79 Å². The second kappa shape index (κ2) is 14.6. The van der Waals surface area contributed by atoms with Crippen molar-refractivity contribution in [2.24, 2.45) is 50.2 Å². The zero-order chi connectivity index (χ0) is 40.6. The molecule has 11 nitrogen and oxygen atoms in total. The molecule has 0 bridgehead atoms. The number of carbonyl (C=O) groups excluding carboxylic acids is 1. The maximum atomic E-state index is 13.3. The summed E-state index contributed by atoms with van der Waals surface area (Å²) in [4.78, 5) is 40.9. The maximum Gasteiger partial charge on any atom is 0.335 e. The molecule has 0 radical (unpaired) electrons. The van der Waals surface area contributed by atoms with Gasteiger partial charge in [0.1, 0.15) is 24.6 Å². The molecule has 5 fully saturated rings. The van der Waals surface area contributed by atoms with E-state index in [0.717, 1.165) is 76.9 Å². The number of rotatable bonds is 11. The molecule has 1 aromatic rings. The number of aromatic nitrogens is 1. The van der Waals surface area contributed by atoms with Crippen LogP contribution in [0.25, 0.3) is 0 Å². The lowest BCUT2D eigenvalue weighted by Gasteiger charge is -2.72. The van der Waals surface area contributed by atoms with Crippen molar-refractivity contribution >= 4 is 18.2 Å². The van der Waals surface area contributed by atoms with E-state index in [2.05, 4.69) is 65.0 Å². The van der Waals surface area contributed by atoms with Crippen LogP contribution < -0.4 is 0 Å². The van der Waals surface area contributed by atoms with Crippen molar-refractivity contribution in [1.82, 2.24) is 4.98 Å². The van der Waals surface area contributed by atoms with Gasteiger partial charge in [-0.25, -0.2) is 4.79 Å². The predicted octanol–water partition coefficient (Wildman–Crippen LogP) is 6.61. The Labute approximate surface area is 332 Å². The second-order valence-corrected chi connectivity index (χ2v) is 20.4. The van der Waals surface area contributed by atoms with Crippen LogP contribution in [-0.2, 0) is 36.7 Å². The Hall–Kier alpha value is -2.57. The van der Waals surface area contributed by atoms with Gasteiger partial charge in [0.05, 0.1) is 11.5 Å². The number of aliphatic hydroxyl groups is 3. The molecule has 2 heterocycles. The highest BCUT2D eigenvalue weighted by atomic mass is 16.7. The number of aliphatic hydroxyl groups excluding tert-OH is 3. The summed E-state index contributed by atoms with van der Waals surface area (Å²) in [7, 11) is 0. The van der Waals surface area contributed by atoms with E-state index in [1.54, 1.807) is 0 Å². The molecule has 0 spiro atoms. The number of hydrogen-bond acceptors (Lipinski definition) is 8. The number of ether oxygens (including phenoxy) is 2. The second-order valence-electron chi connectivity index (χ2n) is 20.4. The number of H-pyrrole nitrogens is 1. The fourth-order valence-corrected chi connectivity index (χ4v) is 14.3. The standard InChI is InChI=1S/C45H67NO10/c1-7-26-24-46-25-27(26)11-16-44-17-13-32(55-38-35(50)33(48)34(49)36(56-38)37(51)52)41(4,5)30(44)12-15-42(6)31(44)10-9-28-29-23-40(2,3)18-19-43(29,39(53)54)20-21-45(28,42)14-8-22-47/h9,22,24-25,29-36,38,46,48-50H,7-8,10-21,23H2,1-6H3,(H,51,52)(H,53,54)/t29-,30-,31-,32-,33-,34-,35+,36-,38+,42+,43-,44-,45+/m0/s1. The van der Waals surface area contributed by atoms with Gasteiger partial charge in [-0.05, 0) is 146 Å². The number of hydrogen-bond donors (Lipinski definition) is 6. The molecular formula is C45H67NO10. The van der Waals surface area contributed by atoms with Gasteiger partial charge < -0.3 is 44.8 Å². The quantitative estimate of drug-likeness (QED) is 0.0811. The van der Waals surface area contributed by atoms with E-state index in [9.17, 15) is 39.9 Å². The van der Waals surface area contributed by atoms with E-state index in [1.807, 2.05) is 0 Å². The first kappa shape index (κ1) is 41.6. The topological polar surface area (TPSA) is 187 Å². The van der Waals surface area contributed by atoms with E-state index < -0.39 is 59.6 Å². The number of aliphatic carboxylic acids is 2. The van der Waals surface area contributed by atoms with Crippen LogP contribution in [-0.4, -0.2) is 85.6 Å². The minimum absolute atomic E-state index is 0.0268. The number of aldehydes is 1. The maximum absolute atomic E-state index is 13.3. The Morgan fingerprint density at radius 3 is 2.29 bits per heavy atom. The first-order chi connectivity index (χ1) is 26.3. The van der Waals surface area contributed by atoms with Gasteiger partial charge in [0.25, 0.3) is 0 Å². The van der Waals surface area contributed by atoms with Crippen molar-refractivity contribution < 1.29 is 49.4 Å². The average molecular weight is 782 g/mol. The summed E-state index contributed by atoms with van der Waals surface area (Å²) in [6.45, 7) is 13.7. The Balaban J connectivity index is 1.30. The van der Waals surface area contributed by atoms with Gasteiger partial charge in [0, 0.05) is 18.8 Å². The molecule has 1 saturated heterocycles. The Morgan fingerprint density at radius 1 is 0.893 bits per heavy atom. The molecule has 11 heteroatoms. The number of carbonyl (C=O) groups is 3. The van der Waals surface area contributed by atoms with Crippen LogP contribution in [0.15, 0.2) is 24.0 Å². The molecule has 1 aliphatic heterocycles. The molecule has 0 amide bonds. The van der Waals surface area contributed by atoms with Gasteiger partial charge in [-0.15, -0.1) is 0 Å². The van der Waals surface area contributed by atoms with E-state index >= 15 is 0 Å². The van der Waals surface area contributed by atoms with Gasteiger partial charge in [0.15, 0.2) is 12.4 Å². The molecule has 312 valence electrons. The molecule has 5 aliphatic carbocycles. The van der Waals surface area contributed by atoms with Crippen molar-refractivity contribution in [3.05, 3.63) is 35.2 Å². The van der Waals surface area contributed by atoms with Crippen molar-refractivity contribution in [3.8, 4) is 0 Å². The Kier molecular flexibility index (Phi) is 10.8. The van der Waals surface area contributed by atoms with Gasteiger partial charge in [-0.2, -0.15) is 0 Å². The highest BCUT2D eigenvalue weighted by Crippen LogP contribution is 2.77. The van der Waals surface area contributed by atoms with Crippen LogP contribution in [0.4, 0.5) is 0 Å². The molecule has 0 aromatic carbocycles. The number of aromatic amines is 1. The first-order valence-electron chi connectivity index (χ1n) is 21.4. The molecule has 0 unspecified atom stereocenters. The molecular weight excluding hydrogens is 714 g/mol. The molecule has 4 saturated carbocycles. The van der Waals surface area contributed by atoms with Crippen LogP contribution in [0, 0.1) is 50.2 Å². The summed E-state index contributed by atoms with van der Waals surface area (Å²) < 4.78 is 12.2. The molecule has 56 heavy (non-hydrogen) atoms. The number of nitrogens with one attached hydrogen (secondary N) is 1. The minimum atomic E-state index is -1.79. The third kappa shape index (κ3) is 6.18. The normalized spacial score (nSPS) is 43.9. The van der Waals surface area contributed by atoms with Gasteiger partial charge in [0.2, 0.25) is 0 Å². The molecule has 1 aromatic heterocycles. The molecule has 6 N–H and O–H groups in total. The van der Waals surface area contributed by atoms with Crippen molar-refractivity contribution in [2.75, 3.05) is 0 Å². The number of fused-ring (bicyclic) bond motifs is 7. The summed E-state index contributed by atoms with van der Waals surface area (Å²) >= 11 is 0. The predicted molar refractivity (Wildman–Crippen MR) is 208 cm³/mol. The number of allylic oxidation sites excluding steroid dienone is 2. The average Bonchev–Trinajstić information content (AvgIpc) is 3.61. The fourth-order valence-electron chi connectivity index (χ4n) is 14.3. The summed E-state index contributed by atoms with van der Waals surface area (Å²) in [6, 6.07) is 0. The largest absolute Gasteiger partial charge is 0.481 e. The summed E-state index contributed by atoms with van der Waals surface area (Å²) in [5.41, 5.74) is 2.13. The van der Waals surface area contributed by atoms with E-state index in [-0.39, 0.29) is 39.4 Å². The zero-order valence-electron chi connectivity index (χ0n) is 34.4. The summed E-state index contributed by atoms with van der Waals surface area (Å²) in [5.74, 6) is -1.73. The Morgan fingerprint density at radius 2 is 1.61 bits per heavy atom.